The number of hydrogen-bond donors (Lipinski definition) is 2. The molecule has 0 atom stereocenters. The van der Waals surface area contributed by atoms with Gasteiger partial charge in [-0.05, 0) is 55.0 Å². The number of hydrogen-bond acceptors (Lipinski definition) is 5. The van der Waals surface area contributed by atoms with Crippen molar-refractivity contribution in [3.63, 3.8) is 0 Å². The first-order valence-electron chi connectivity index (χ1n) is 7.97. The van der Waals surface area contributed by atoms with Crippen LogP contribution in [0.3, 0.4) is 0 Å². The maximum atomic E-state index is 12.1. The molecule has 0 aliphatic rings. The Labute approximate surface area is 156 Å². The van der Waals surface area contributed by atoms with E-state index in [1.165, 1.54) is 18.3 Å². The third kappa shape index (κ3) is 4.49. The zero-order valence-electron chi connectivity index (χ0n) is 14.4. The van der Waals surface area contributed by atoms with Crippen molar-refractivity contribution in [2.45, 2.75) is 11.8 Å². The van der Waals surface area contributed by atoms with E-state index < -0.39 is 10.0 Å². The lowest BCUT2D eigenvalue weighted by Gasteiger charge is -2.02. The monoisotopic (exact) mass is 383 g/mol. The van der Waals surface area contributed by atoms with Gasteiger partial charge < -0.3 is 4.42 Å². The number of nitrogens with two attached hydrogens (primary N) is 1. The van der Waals surface area contributed by atoms with Gasteiger partial charge in [-0.1, -0.05) is 18.2 Å². The van der Waals surface area contributed by atoms with E-state index in [2.05, 4.69) is 10.5 Å². The normalized spacial score (nSPS) is 11.6. The highest BCUT2D eigenvalue weighted by atomic mass is 32.2. The highest BCUT2D eigenvalue weighted by Gasteiger charge is 2.09. The minimum atomic E-state index is -3.73. The van der Waals surface area contributed by atoms with E-state index in [0.717, 1.165) is 5.56 Å². The molecule has 0 aliphatic carbocycles. The molecule has 27 heavy (non-hydrogen) atoms. The second-order valence-electron chi connectivity index (χ2n) is 5.79. The predicted octanol–water partition coefficient (Wildman–Crippen LogP) is 2.67. The molecule has 0 fully saturated rings. The number of primary sulfonamides is 1. The first-order chi connectivity index (χ1) is 12.8. The number of rotatable bonds is 5. The summed E-state index contributed by atoms with van der Waals surface area (Å²) in [4.78, 5) is 12.1. The van der Waals surface area contributed by atoms with Crippen molar-refractivity contribution in [1.29, 1.82) is 0 Å². The third-order valence-corrected chi connectivity index (χ3v) is 4.77. The number of carbonyl (C=O) groups is 1. The van der Waals surface area contributed by atoms with Gasteiger partial charge in [0, 0.05) is 11.1 Å². The van der Waals surface area contributed by atoms with Crippen LogP contribution in [-0.2, 0) is 10.0 Å². The minimum absolute atomic E-state index is 0.0264. The lowest BCUT2D eigenvalue weighted by atomic mass is 10.1. The van der Waals surface area contributed by atoms with Crippen LogP contribution in [0, 0.1) is 6.92 Å². The Morgan fingerprint density at radius 2 is 1.78 bits per heavy atom. The van der Waals surface area contributed by atoms with Crippen LogP contribution in [0.15, 0.2) is 75.1 Å². The van der Waals surface area contributed by atoms with Crippen LogP contribution in [-0.4, -0.2) is 20.5 Å². The van der Waals surface area contributed by atoms with Crippen LogP contribution in [0.4, 0.5) is 0 Å². The largest absolute Gasteiger partial charge is 0.455 e. The zero-order valence-corrected chi connectivity index (χ0v) is 15.2. The maximum Gasteiger partial charge on any atom is 0.271 e. The van der Waals surface area contributed by atoms with Crippen molar-refractivity contribution >= 4 is 22.1 Å². The molecule has 3 aromatic rings. The van der Waals surface area contributed by atoms with Crippen LogP contribution in [0.2, 0.25) is 0 Å². The Hall–Kier alpha value is -3.23. The quantitative estimate of drug-likeness (QED) is 0.520. The summed E-state index contributed by atoms with van der Waals surface area (Å²) >= 11 is 0. The summed E-state index contributed by atoms with van der Waals surface area (Å²) in [5.41, 5.74) is 4.54. The van der Waals surface area contributed by atoms with Crippen LogP contribution in [0.5, 0.6) is 0 Å². The van der Waals surface area contributed by atoms with Gasteiger partial charge >= 0.3 is 0 Å². The average molecular weight is 383 g/mol. The van der Waals surface area contributed by atoms with Gasteiger partial charge in [-0.3, -0.25) is 4.79 Å². The molecule has 0 unspecified atom stereocenters. The number of carbonyl (C=O) groups excluding carboxylic acids is 1. The third-order valence-electron chi connectivity index (χ3n) is 3.84. The highest BCUT2D eigenvalue weighted by Crippen LogP contribution is 2.22. The number of benzene rings is 2. The maximum absolute atomic E-state index is 12.1. The van der Waals surface area contributed by atoms with Crippen molar-refractivity contribution in [2.24, 2.45) is 10.2 Å². The van der Waals surface area contributed by atoms with Crippen molar-refractivity contribution in [3.8, 4) is 11.3 Å². The fraction of sp³-hybridized carbons (Fsp3) is 0.0526. The Bertz CT molecular complexity index is 1100. The summed E-state index contributed by atoms with van der Waals surface area (Å²) in [5.74, 6) is 0.656. The van der Waals surface area contributed by atoms with E-state index in [1.807, 2.05) is 19.1 Å². The van der Waals surface area contributed by atoms with E-state index in [0.29, 0.717) is 22.6 Å². The summed E-state index contributed by atoms with van der Waals surface area (Å²) in [6.45, 7) is 1.85. The molecule has 1 amide bonds. The van der Waals surface area contributed by atoms with E-state index in [4.69, 9.17) is 9.56 Å². The summed E-state index contributed by atoms with van der Waals surface area (Å²) in [7, 11) is -3.73. The molecule has 2 aromatic carbocycles. The summed E-state index contributed by atoms with van der Waals surface area (Å²) in [6.07, 6.45) is 1.39. The Balaban J connectivity index is 1.68. The Kier molecular flexibility index (Phi) is 5.20. The van der Waals surface area contributed by atoms with Gasteiger partial charge in [0.25, 0.3) is 5.91 Å². The molecule has 3 N–H and O–H groups in total. The molecule has 0 bridgehead atoms. The molecule has 0 saturated heterocycles. The van der Waals surface area contributed by atoms with Gasteiger partial charge in [0.05, 0.1) is 11.1 Å². The topological polar surface area (TPSA) is 115 Å². The molecule has 7 nitrogen and oxygen atoms in total. The predicted molar refractivity (Wildman–Crippen MR) is 102 cm³/mol. The number of hydrazone groups is 1. The first kappa shape index (κ1) is 18.6. The highest BCUT2D eigenvalue weighted by molar-refractivity contribution is 7.89. The molecular weight excluding hydrogens is 366 g/mol. The van der Waals surface area contributed by atoms with Gasteiger partial charge in [-0.2, -0.15) is 5.10 Å². The van der Waals surface area contributed by atoms with Crippen molar-refractivity contribution in [1.82, 2.24) is 5.43 Å². The van der Waals surface area contributed by atoms with E-state index in [1.54, 1.807) is 36.4 Å². The van der Waals surface area contributed by atoms with Crippen LogP contribution >= 0.6 is 0 Å². The molecule has 0 aliphatic heterocycles. The van der Waals surface area contributed by atoms with Crippen LogP contribution in [0.25, 0.3) is 11.3 Å². The van der Waals surface area contributed by atoms with Gasteiger partial charge in [0.1, 0.15) is 11.5 Å². The molecule has 0 radical (unpaired) electrons. The zero-order chi connectivity index (χ0) is 19.4. The summed E-state index contributed by atoms with van der Waals surface area (Å²) in [6, 6.07) is 16.6. The van der Waals surface area contributed by atoms with Gasteiger partial charge in [0.2, 0.25) is 10.0 Å². The SMILES string of the molecule is Cc1ccccc1C(=O)N/N=C\c1ccc(-c2ccc(S(N)(=O)=O)cc2)o1. The average Bonchev–Trinajstić information content (AvgIpc) is 3.10. The number of nitrogens with zero attached hydrogens (tertiary/aromatic N) is 1. The summed E-state index contributed by atoms with van der Waals surface area (Å²) < 4.78 is 28.2. The minimum Gasteiger partial charge on any atom is -0.455 e. The first-order valence-corrected chi connectivity index (χ1v) is 9.51. The fourth-order valence-electron chi connectivity index (χ4n) is 2.43. The molecule has 3 rings (SSSR count). The number of aryl methyl sites for hydroxylation is 1. The van der Waals surface area contributed by atoms with E-state index in [9.17, 15) is 13.2 Å². The smallest absolute Gasteiger partial charge is 0.271 e. The van der Waals surface area contributed by atoms with Crippen molar-refractivity contribution < 1.29 is 17.6 Å². The Morgan fingerprint density at radius 1 is 1.07 bits per heavy atom. The second kappa shape index (κ2) is 7.56. The fourth-order valence-corrected chi connectivity index (χ4v) is 2.94. The van der Waals surface area contributed by atoms with Crippen LogP contribution < -0.4 is 10.6 Å². The molecule has 0 saturated carbocycles. The lowest BCUT2D eigenvalue weighted by molar-refractivity contribution is 0.0954. The molecular formula is C19H17N3O4S. The molecule has 1 heterocycles. The number of furan rings is 1. The van der Waals surface area contributed by atoms with E-state index in [-0.39, 0.29) is 10.8 Å². The molecule has 0 spiro atoms. The number of nitrogens with one attached hydrogen (secondary N) is 1. The number of sulfonamides is 1. The van der Waals surface area contributed by atoms with Crippen LogP contribution in [0.1, 0.15) is 21.7 Å². The number of amides is 1. The lowest BCUT2D eigenvalue weighted by Crippen LogP contribution is -2.18. The molecule has 8 heteroatoms. The van der Waals surface area contributed by atoms with Gasteiger partial charge in [-0.15, -0.1) is 0 Å². The molecule has 138 valence electrons. The second-order valence-corrected chi connectivity index (χ2v) is 7.35. The molecule has 1 aromatic heterocycles. The van der Waals surface area contributed by atoms with Gasteiger partial charge in [-0.25, -0.2) is 19.0 Å². The van der Waals surface area contributed by atoms with Crippen molar-refractivity contribution in [2.75, 3.05) is 0 Å². The standard InChI is InChI=1S/C19H17N3O4S/c1-13-4-2-3-5-17(13)19(23)22-21-12-15-8-11-18(26-15)14-6-9-16(10-7-14)27(20,24)25/h2-12H,1H3,(H,22,23)(H2,20,24,25)/b21-12-. The van der Waals surface area contributed by atoms with E-state index >= 15 is 0 Å². The van der Waals surface area contributed by atoms with Crippen molar-refractivity contribution in [3.05, 3.63) is 77.6 Å². The Morgan fingerprint density at radius 3 is 2.44 bits per heavy atom. The summed E-state index contributed by atoms with van der Waals surface area (Å²) in [5, 5.41) is 8.98. The van der Waals surface area contributed by atoms with Gasteiger partial charge in [0.15, 0.2) is 0 Å².